The SMILES string of the molecule is O=C(N/N=C/c1c2ccccc2nc2ccccc12)c1ccccc1. The van der Waals surface area contributed by atoms with E-state index in [-0.39, 0.29) is 5.91 Å². The molecule has 0 saturated carbocycles. The van der Waals surface area contributed by atoms with Crippen LogP contribution in [0.15, 0.2) is 84.0 Å². The summed E-state index contributed by atoms with van der Waals surface area (Å²) in [5, 5.41) is 6.16. The topological polar surface area (TPSA) is 54.4 Å². The molecule has 0 saturated heterocycles. The highest BCUT2D eigenvalue weighted by atomic mass is 16.2. The fraction of sp³-hybridized carbons (Fsp3) is 0. The Labute approximate surface area is 144 Å². The number of carbonyl (C=O) groups is 1. The lowest BCUT2D eigenvalue weighted by atomic mass is 10.0. The Morgan fingerprint density at radius 1 is 0.800 bits per heavy atom. The third kappa shape index (κ3) is 2.97. The molecule has 1 N–H and O–H groups in total. The van der Waals surface area contributed by atoms with Gasteiger partial charge in [-0.15, -0.1) is 0 Å². The summed E-state index contributed by atoms with van der Waals surface area (Å²) in [6.07, 6.45) is 1.69. The molecule has 0 atom stereocenters. The predicted molar refractivity (Wildman–Crippen MR) is 101 cm³/mol. The van der Waals surface area contributed by atoms with E-state index in [1.54, 1.807) is 18.3 Å². The van der Waals surface area contributed by atoms with Crippen molar-refractivity contribution < 1.29 is 4.79 Å². The van der Waals surface area contributed by atoms with Gasteiger partial charge in [0.25, 0.3) is 5.91 Å². The summed E-state index contributed by atoms with van der Waals surface area (Å²) in [7, 11) is 0. The van der Waals surface area contributed by atoms with Gasteiger partial charge in [0.15, 0.2) is 0 Å². The second-order valence-electron chi connectivity index (χ2n) is 5.62. The maximum absolute atomic E-state index is 12.1. The molecule has 4 aromatic rings. The molecular weight excluding hydrogens is 310 g/mol. The minimum absolute atomic E-state index is 0.237. The Morgan fingerprint density at radius 3 is 2.00 bits per heavy atom. The first kappa shape index (κ1) is 15.0. The first-order valence-corrected chi connectivity index (χ1v) is 7.99. The van der Waals surface area contributed by atoms with E-state index >= 15 is 0 Å². The molecule has 0 bridgehead atoms. The number of rotatable bonds is 3. The van der Waals surface area contributed by atoms with E-state index in [2.05, 4.69) is 15.5 Å². The molecule has 0 radical (unpaired) electrons. The van der Waals surface area contributed by atoms with Gasteiger partial charge in [-0.05, 0) is 24.3 Å². The van der Waals surface area contributed by atoms with Crippen molar-refractivity contribution >= 4 is 33.9 Å². The number of nitrogens with zero attached hydrogens (tertiary/aromatic N) is 2. The molecule has 4 rings (SSSR count). The Morgan fingerprint density at radius 2 is 1.36 bits per heavy atom. The van der Waals surface area contributed by atoms with E-state index in [9.17, 15) is 4.79 Å². The summed E-state index contributed by atoms with van der Waals surface area (Å²) in [5.74, 6) is -0.237. The largest absolute Gasteiger partial charge is 0.271 e. The van der Waals surface area contributed by atoms with E-state index in [0.29, 0.717) is 5.56 Å². The molecule has 1 aromatic heterocycles. The van der Waals surface area contributed by atoms with Crippen LogP contribution in [0.4, 0.5) is 0 Å². The summed E-state index contributed by atoms with van der Waals surface area (Å²) in [5.41, 5.74) is 5.90. The van der Waals surface area contributed by atoms with Gasteiger partial charge in [-0.2, -0.15) is 5.10 Å². The van der Waals surface area contributed by atoms with E-state index < -0.39 is 0 Å². The molecule has 3 aromatic carbocycles. The Bertz CT molecular complexity index is 1030. The number of nitrogens with one attached hydrogen (secondary N) is 1. The Balaban J connectivity index is 1.73. The molecule has 0 aliphatic heterocycles. The highest BCUT2D eigenvalue weighted by molar-refractivity contribution is 6.10. The quantitative estimate of drug-likeness (QED) is 0.349. The predicted octanol–water partition coefficient (Wildman–Crippen LogP) is 4.15. The van der Waals surface area contributed by atoms with E-state index in [4.69, 9.17) is 0 Å². The van der Waals surface area contributed by atoms with Gasteiger partial charge in [0.2, 0.25) is 0 Å². The Hall–Kier alpha value is -3.53. The maximum Gasteiger partial charge on any atom is 0.271 e. The molecule has 4 nitrogen and oxygen atoms in total. The summed E-state index contributed by atoms with van der Waals surface area (Å²) in [6, 6.07) is 24.8. The van der Waals surface area contributed by atoms with Gasteiger partial charge in [0.1, 0.15) is 0 Å². The van der Waals surface area contributed by atoms with Gasteiger partial charge in [-0.25, -0.2) is 10.4 Å². The zero-order valence-corrected chi connectivity index (χ0v) is 13.4. The number of para-hydroxylation sites is 2. The number of benzene rings is 3. The van der Waals surface area contributed by atoms with E-state index in [1.807, 2.05) is 66.7 Å². The molecule has 25 heavy (non-hydrogen) atoms. The molecule has 4 heteroatoms. The highest BCUT2D eigenvalue weighted by Gasteiger charge is 2.07. The number of aromatic nitrogens is 1. The third-order valence-corrected chi connectivity index (χ3v) is 4.03. The van der Waals surface area contributed by atoms with Gasteiger partial charge in [0, 0.05) is 21.9 Å². The smallest absolute Gasteiger partial charge is 0.267 e. The maximum atomic E-state index is 12.1. The average molecular weight is 325 g/mol. The Kier molecular flexibility index (Phi) is 3.92. The second kappa shape index (κ2) is 6.53. The lowest BCUT2D eigenvalue weighted by molar-refractivity contribution is 0.0955. The molecule has 0 fully saturated rings. The third-order valence-electron chi connectivity index (χ3n) is 4.03. The number of fused-ring (bicyclic) bond motifs is 2. The van der Waals surface area contributed by atoms with Crippen molar-refractivity contribution in [1.29, 1.82) is 0 Å². The minimum Gasteiger partial charge on any atom is -0.267 e. The fourth-order valence-electron chi connectivity index (χ4n) is 2.82. The summed E-state index contributed by atoms with van der Waals surface area (Å²) in [4.78, 5) is 16.8. The highest BCUT2D eigenvalue weighted by Crippen LogP contribution is 2.24. The molecule has 1 amide bonds. The number of carbonyl (C=O) groups excluding carboxylic acids is 1. The zero-order chi connectivity index (χ0) is 17.1. The van der Waals surface area contributed by atoms with Crippen LogP contribution in [0.2, 0.25) is 0 Å². The van der Waals surface area contributed by atoms with Crippen LogP contribution >= 0.6 is 0 Å². The molecule has 0 unspecified atom stereocenters. The molecule has 0 aliphatic carbocycles. The molecule has 1 heterocycles. The first-order valence-electron chi connectivity index (χ1n) is 7.99. The summed E-state index contributed by atoms with van der Waals surface area (Å²) < 4.78 is 0. The number of hydrogen-bond acceptors (Lipinski definition) is 3. The van der Waals surface area contributed by atoms with Crippen molar-refractivity contribution in [1.82, 2.24) is 10.4 Å². The van der Waals surface area contributed by atoms with Gasteiger partial charge >= 0.3 is 0 Å². The van der Waals surface area contributed by atoms with Crippen LogP contribution in [0.5, 0.6) is 0 Å². The van der Waals surface area contributed by atoms with Gasteiger partial charge in [0.05, 0.1) is 17.2 Å². The second-order valence-corrected chi connectivity index (χ2v) is 5.62. The van der Waals surface area contributed by atoms with Crippen LogP contribution in [-0.4, -0.2) is 17.1 Å². The van der Waals surface area contributed by atoms with Crippen molar-refractivity contribution in [3.8, 4) is 0 Å². The first-order chi connectivity index (χ1) is 12.3. The number of amides is 1. The average Bonchev–Trinajstić information content (AvgIpc) is 2.68. The minimum atomic E-state index is -0.237. The fourth-order valence-corrected chi connectivity index (χ4v) is 2.82. The summed E-state index contributed by atoms with van der Waals surface area (Å²) in [6.45, 7) is 0. The van der Waals surface area contributed by atoms with Crippen molar-refractivity contribution in [2.75, 3.05) is 0 Å². The number of hydrazone groups is 1. The monoisotopic (exact) mass is 325 g/mol. The van der Waals surface area contributed by atoms with Crippen molar-refractivity contribution in [2.24, 2.45) is 5.10 Å². The van der Waals surface area contributed by atoms with Crippen LogP contribution in [0, 0.1) is 0 Å². The van der Waals surface area contributed by atoms with Crippen molar-refractivity contribution in [3.63, 3.8) is 0 Å². The normalized spacial score (nSPS) is 11.2. The zero-order valence-electron chi connectivity index (χ0n) is 13.4. The lowest BCUT2D eigenvalue weighted by Crippen LogP contribution is -2.17. The molecule has 120 valence electrons. The number of pyridine rings is 1. The number of hydrogen-bond donors (Lipinski definition) is 1. The molecule has 0 aliphatic rings. The van der Waals surface area contributed by atoms with Crippen molar-refractivity contribution in [2.45, 2.75) is 0 Å². The van der Waals surface area contributed by atoms with Gasteiger partial charge in [-0.1, -0.05) is 54.6 Å². The lowest BCUT2D eigenvalue weighted by Gasteiger charge is -2.07. The van der Waals surface area contributed by atoms with Crippen LogP contribution in [0.1, 0.15) is 15.9 Å². The van der Waals surface area contributed by atoms with E-state index in [0.717, 1.165) is 27.4 Å². The van der Waals surface area contributed by atoms with Crippen LogP contribution in [0.3, 0.4) is 0 Å². The van der Waals surface area contributed by atoms with Crippen LogP contribution < -0.4 is 5.43 Å². The van der Waals surface area contributed by atoms with Crippen LogP contribution in [-0.2, 0) is 0 Å². The van der Waals surface area contributed by atoms with Crippen LogP contribution in [0.25, 0.3) is 21.8 Å². The standard InChI is InChI=1S/C21H15N3O/c25-21(15-8-2-1-3-9-15)24-22-14-18-16-10-4-6-12-19(16)23-20-13-7-5-11-17(18)20/h1-14H,(H,24,25)/b22-14+. The molecular formula is C21H15N3O. The summed E-state index contributed by atoms with van der Waals surface area (Å²) >= 11 is 0. The van der Waals surface area contributed by atoms with Gasteiger partial charge < -0.3 is 0 Å². The van der Waals surface area contributed by atoms with Crippen molar-refractivity contribution in [3.05, 3.63) is 90.0 Å². The van der Waals surface area contributed by atoms with E-state index in [1.165, 1.54) is 0 Å². The van der Waals surface area contributed by atoms with Gasteiger partial charge in [-0.3, -0.25) is 4.79 Å². The molecule has 0 spiro atoms.